The van der Waals surface area contributed by atoms with Crippen LogP contribution in [0, 0.1) is 0 Å². The topological polar surface area (TPSA) is 38.3 Å². The lowest BCUT2D eigenvalue weighted by Crippen LogP contribution is -2.52. The zero-order valence-electron chi connectivity index (χ0n) is 13.5. The molecule has 3 nitrogen and oxygen atoms in total. The second-order valence-corrected chi connectivity index (χ2v) is 6.48. The van der Waals surface area contributed by atoms with Crippen LogP contribution < -0.4 is 5.32 Å². The summed E-state index contributed by atoms with van der Waals surface area (Å²) in [5.41, 5.74) is 0.209. The van der Waals surface area contributed by atoms with Gasteiger partial charge in [-0.05, 0) is 25.5 Å². The molecule has 0 spiro atoms. The van der Waals surface area contributed by atoms with E-state index in [0.29, 0.717) is 17.6 Å². The number of thioether (sulfide) groups is 1. The Morgan fingerprint density at radius 3 is 2.48 bits per heavy atom. The Bertz CT molecular complexity index is 424. The lowest BCUT2D eigenvalue weighted by Gasteiger charge is -2.33. The van der Waals surface area contributed by atoms with Crippen molar-refractivity contribution in [3.8, 4) is 0 Å². The maximum Gasteiger partial charge on any atom is 0.331 e. The average molecular weight is 309 g/mol. The van der Waals surface area contributed by atoms with Crippen LogP contribution in [0.5, 0.6) is 0 Å². The molecule has 1 aromatic rings. The van der Waals surface area contributed by atoms with Crippen LogP contribution in [0.15, 0.2) is 30.3 Å². The first-order valence-corrected chi connectivity index (χ1v) is 8.74. The number of hydrogen-bond donors (Lipinski definition) is 1. The fraction of sp³-hybridized carbons (Fsp3) is 0.588. The highest BCUT2D eigenvalue weighted by Crippen LogP contribution is 2.30. The molecule has 1 aromatic carbocycles. The van der Waals surface area contributed by atoms with E-state index in [1.807, 2.05) is 55.9 Å². The molecule has 0 radical (unpaired) electrons. The molecule has 0 bridgehead atoms. The Kier molecular flexibility index (Phi) is 7.83. The lowest BCUT2D eigenvalue weighted by atomic mass is 9.91. The molecule has 0 amide bonds. The van der Waals surface area contributed by atoms with E-state index in [1.165, 1.54) is 0 Å². The third-order valence-electron chi connectivity index (χ3n) is 3.53. The first-order chi connectivity index (χ1) is 10.1. The maximum absolute atomic E-state index is 12.7. The third kappa shape index (κ3) is 4.75. The van der Waals surface area contributed by atoms with Crippen LogP contribution in [0.2, 0.25) is 0 Å². The van der Waals surface area contributed by atoms with E-state index >= 15 is 0 Å². The smallest absolute Gasteiger partial charge is 0.331 e. The van der Waals surface area contributed by atoms with Gasteiger partial charge in [-0.2, -0.15) is 11.8 Å². The van der Waals surface area contributed by atoms with Crippen LogP contribution in [0.1, 0.15) is 39.7 Å². The quantitative estimate of drug-likeness (QED) is 0.708. The van der Waals surface area contributed by atoms with Crippen molar-refractivity contribution < 1.29 is 9.53 Å². The summed E-state index contributed by atoms with van der Waals surface area (Å²) in [6.07, 6.45) is 1.09. The molecule has 1 rings (SSSR count). The van der Waals surface area contributed by atoms with Gasteiger partial charge in [0.05, 0.1) is 6.61 Å². The Balaban J connectivity index is 3.12. The summed E-state index contributed by atoms with van der Waals surface area (Å²) < 4.78 is 5.37. The summed E-state index contributed by atoms with van der Waals surface area (Å²) >= 11 is 1.81. The monoisotopic (exact) mass is 309 g/mol. The number of hydrogen-bond acceptors (Lipinski definition) is 4. The Labute approximate surface area is 132 Å². The van der Waals surface area contributed by atoms with E-state index in [-0.39, 0.29) is 5.97 Å². The molecule has 4 heteroatoms. The molecular formula is C17H27NO2S. The molecule has 0 saturated carbocycles. The highest BCUT2D eigenvalue weighted by Gasteiger charge is 2.41. The summed E-state index contributed by atoms with van der Waals surface area (Å²) in [6, 6.07) is 9.89. The van der Waals surface area contributed by atoms with E-state index in [2.05, 4.69) is 19.2 Å². The second kappa shape index (κ2) is 9.11. The van der Waals surface area contributed by atoms with Gasteiger partial charge in [-0.15, -0.1) is 0 Å². The maximum atomic E-state index is 12.7. The van der Waals surface area contributed by atoms with Gasteiger partial charge in [0.15, 0.2) is 5.54 Å². The van der Waals surface area contributed by atoms with Gasteiger partial charge in [0.1, 0.15) is 0 Å². The van der Waals surface area contributed by atoms with Gasteiger partial charge in [0, 0.05) is 11.0 Å². The molecule has 118 valence electrons. The number of esters is 1. The van der Waals surface area contributed by atoms with Gasteiger partial charge in [-0.25, -0.2) is 4.79 Å². The molecule has 1 N–H and O–H groups in total. The van der Waals surface area contributed by atoms with Crippen molar-refractivity contribution in [1.29, 1.82) is 0 Å². The van der Waals surface area contributed by atoms with Gasteiger partial charge in [-0.1, -0.05) is 51.1 Å². The number of nitrogens with one attached hydrogen (secondary N) is 1. The lowest BCUT2D eigenvalue weighted by molar-refractivity contribution is -0.150. The van der Waals surface area contributed by atoms with Gasteiger partial charge in [-0.3, -0.25) is 5.32 Å². The highest BCUT2D eigenvalue weighted by molar-refractivity contribution is 7.99. The first-order valence-electron chi connectivity index (χ1n) is 7.70. The van der Waals surface area contributed by atoms with Crippen molar-refractivity contribution in [2.24, 2.45) is 0 Å². The van der Waals surface area contributed by atoms with Gasteiger partial charge in [0.2, 0.25) is 0 Å². The van der Waals surface area contributed by atoms with Crippen LogP contribution in [-0.4, -0.2) is 30.1 Å². The van der Waals surface area contributed by atoms with Crippen LogP contribution in [-0.2, 0) is 15.1 Å². The summed E-state index contributed by atoms with van der Waals surface area (Å²) in [7, 11) is 0. The minimum Gasteiger partial charge on any atom is -0.464 e. The highest BCUT2D eigenvalue weighted by atomic mass is 32.2. The minimum absolute atomic E-state index is 0.186. The molecule has 0 aromatic heterocycles. The number of ether oxygens (including phenoxy) is 1. The molecule has 2 unspecified atom stereocenters. The van der Waals surface area contributed by atoms with Crippen molar-refractivity contribution in [1.82, 2.24) is 5.32 Å². The van der Waals surface area contributed by atoms with Gasteiger partial charge >= 0.3 is 5.97 Å². The first kappa shape index (κ1) is 18.1. The molecule has 0 aliphatic heterocycles. The van der Waals surface area contributed by atoms with Crippen molar-refractivity contribution in [3.63, 3.8) is 0 Å². The fourth-order valence-corrected chi connectivity index (χ4v) is 3.31. The summed E-state index contributed by atoms with van der Waals surface area (Å²) in [6.45, 7) is 9.34. The van der Waals surface area contributed by atoms with Gasteiger partial charge < -0.3 is 4.74 Å². The van der Waals surface area contributed by atoms with E-state index in [4.69, 9.17) is 4.74 Å². The fourth-order valence-electron chi connectivity index (χ4n) is 2.15. The van der Waals surface area contributed by atoms with Crippen molar-refractivity contribution in [3.05, 3.63) is 35.9 Å². The predicted octanol–water partition coefficient (Wildman–Crippen LogP) is 3.59. The molecule has 0 aliphatic rings. The molecule has 0 saturated heterocycles. The van der Waals surface area contributed by atoms with E-state index < -0.39 is 5.54 Å². The van der Waals surface area contributed by atoms with Crippen molar-refractivity contribution >= 4 is 17.7 Å². The second-order valence-electron chi connectivity index (χ2n) is 5.05. The average Bonchev–Trinajstić information content (AvgIpc) is 2.52. The van der Waals surface area contributed by atoms with Crippen LogP contribution in [0.3, 0.4) is 0 Å². The minimum atomic E-state index is -0.764. The number of likely N-dealkylation sites (N-methyl/N-ethyl adjacent to an activating group) is 1. The van der Waals surface area contributed by atoms with Gasteiger partial charge in [0.25, 0.3) is 0 Å². The van der Waals surface area contributed by atoms with E-state index in [0.717, 1.165) is 18.5 Å². The molecule has 21 heavy (non-hydrogen) atoms. The summed E-state index contributed by atoms with van der Waals surface area (Å²) in [4.78, 5) is 12.7. The van der Waals surface area contributed by atoms with E-state index in [1.54, 1.807) is 0 Å². The number of carbonyl (C=O) groups is 1. The number of carbonyl (C=O) groups excluding carboxylic acids is 1. The SMILES string of the molecule is CCNC(CSC(C)CC)(C(=O)OCC)c1ccccc1. The van der Waals surface area contributed by atoms with Crippen LogP contribution >= 0.6 is 11.8 Å². The Morgan fingerprint density at radius 2 is 1.95 bits per heavy atom. The van der Waals surface area contributed by atoms with Crippen LogP contribution in [0.4, 0.5) is 0 Å². The molecule has 0 aliphatic carbocycles. The molecule has 0 heterocycles. The number of rotatable bonds is 9. The Hall–Kier alpha value is -1.00. The van der Waals surface area contributed by atoms with Crippen molar-refractivity contribution in [2.75, 3.05) is 18.9 Å². The standard InChI is InChI=1S/C17H27NO2S/c1-5-14(4)21-13-17(18-6-2,16(19)20-7-3)15-11-9-8-10-12-15/h8-12,14,18H,5-7,13H2,1-4H3. The zero-order chi connectivity index (χ0) is 15.7. The number of benzene rings is 1. The molecule has 0 fully saturated rings. The third-order valence-corrected chi connectivity index (χ3v) is 5.03. The predicted molar refractivity (Wildman–Crippen MR) is 90.6 cm³/mol. The zero-order valence-corrected chi connectivity index (χ0v) is 14.3. The molecular weight excluding hydrogens is 282 g/mol. The summed E-state index contributed by atoms with van der Waals surface area (Å²) in [5, 5.41) is 3.90. The normalized spacial score (nSPS) is 15.2. The summed E-state index contributed by atoms with van der Waals surface area (Å²) in [5.74, 6) is 0.493. The van der Waals surface area contributed by atoms with Crippen molar-refractivity contribution in [2.45, 2.75) is 44.9 Å². The van der Waals surface area contributed by atoms with Crippen LogP contribution in [0.25, 0.3) is 0 Å². The molecule has 2 atom stereocenters. The Morgan fingerprint density at radius 1 is 1.29 bits per heavy atom. The largest absolute Gasteiger partial charge is 0.464 e. The van der Waals surface area contributed by atoms with E-state index in [9.17, 15) is 4.79 Å².